The molecule has 1 rings (SSSR count). The standard InChI is InChI=1S/C12H23NO4S/c1-3-18(15,16)9-5-8-13-7-4-6-11(10-13)12(14)17-2/h11H,3-10H2,1-2H3/t11-/m0/s1. The molecule has 0 amide bonds. The molecule has 0 unspecified atom stereocenters. The minimum Gasteiger partial charge on any atom is -0.469 e. The van der Waals surface area contributed by atoms with Gasteiger partial charge in [-0.25, -0.2) is 8.42 Å². The van der Waals surface area contributed by atoms with E-state index in [1.54, 1.807) is 6.92 Å². The number of ether oxygens (including phenoxy) is 1. The van der Waals surface area contributed by atoms with Crippen molar-refractivity contribution < 1.29 is 17.9 Å². The van der Waals surface area contributed by atoms with Gasteiger partial charge < -0.3 is 9.64 Å². The average Bonchev–Trinajstić information content (AvgIpc) is 2.38. The molecule has 1 fully saturated rings. The molecule has 0 N–H and O–H groups in total. The summed E-state index contributed by atoms with van der Waals surface area (Å²) in [7, 11) is -1.46. The van der Waals surface area contributed by atoms with Crippen LogP contribution in [0, 0.1) is 5.92 Å². The summed E-state index contributed by atoms with van der Waals surface area (Å²) >= 11 is 0. The molecule has 1 heterocycles. The van der Waals surface area contributed by atoms with Crippen LogP contribution in [0.15, 0.2) is 0 Å². The van der Waals surface area contributed by atoms with E-state index in [9.17, 15) is 13.2 Å². The van der Waals surface area contributed by atoms with Crippen molar-refractivity contribution in [3.63, 3.8) is 0 Å². The summed E-state index contributed by atoms with van der Waals surface area (Å²) in [6.45, 7) is 4.05. The van der Waals surface area contributed by atoms with Crippen LogP contribution in [-0.2, 0) is 19.4 Å². The second-order valence-electron chi connectivity index (χ2n) is 4.75. The number of hydrogen-bond acceptors (Lipinski definition) is 5. The maximum absolute atomic E-state index is 11.4. The summed E-state index contributed by atoms with van der Waals surface area (Å²) in [5.41, 5.74) is 0. The van der Waals surface area contributed by atoms with Crippen LogP contribution in [0.4, 0.5) is 0 Å². The lowest BCUT2D eigenvalue weighted by Crippen LogP contribution is -2.40. The Labute approximate surface area is 109 Å². The highest BCUT2D eigenvalue weighted by Crippen LogP contribution is 2.17. The molecular weight excluding hydrogens is 254 g/mol. The summed E-state index contributed by atoms with van der Waals surface area (Å²) in [5, 5.41) is 0. The third-order valence-corrected chi connectivity index (χ3v) is 5.20. The van der Waals surface area contributed by atoms with Gasteiger partial charge in [-0.05, 0) is 32.4 Å². The van der Waals surface area contributed by atoms with Crippen molar-refractivity contribution in [2.24, 2.45) is 5.92 Å². The lowest BCUT2D eigenvalue weighted by molar-refractivity contribution is -0.147. The molecule has 0 saturated carbocycles. The Bertz CT molecular complexity index is 366. The first-order valence-corrected chi connectivity index (χ1v) is 8.31. The van der Waals surface area contributed by atoms with Gasteiger partial charge in [0.15, 0.2) is 0 Å². The van der Waals surface area contributed by atoms with Crippen LogP contribution in [-0.4, -0.2) is 57.5 Å². The molecule has 0 aromatic heterocycles. The molecule has 1 aliphatic rings. The normalized spacial score (nSPS) is 21.8. The smallest absolute Gasteiger partial charge is 0.309 e. The first-order valence-electron chi connectivity index (χ1n) is 6.49. The van der Waals surface area contributed by atoms with Gasteiger partial charge in [-0.1, -0.05) is 6.92 Å². The molecule has 0 aliphatic carbocycles. The zero-order valence-electron chi connectivity index (χ0n) is 11.2. The zero-order chi connectivity index (χ0) is 13.6. The molecule has 5 nitrogen and oxygen atoms in total. The predicted octanol–water partition coefficient (Wildman–Crippen LogP) is 0.696. The van der Waals surface area contributed by atoms with Crippen LogP contribution in [0.1, 0.15) is 26.2 Å². The second-order valence-corrected chi connectivity index (χ2v) is 7.23. The van der Waals surface area contributed by atoms with Crippen molar-refractivity contribution in [2.45, 2.75) is 26.2 Å². The number of sulfone groups is 1. The Morgan fingerprint density at radius 2 is 2.17 bits per heavy atom. The van der Waals surface area contributed by atoms with E-state index in [2.05, 4.69) is 4.90 Å². The number of hydrogen-bond donors (Lipinski definition) is 0. The van der Waals surface area contributed by atoms with Crippen LogP contribution in [0.2, 0.25) is 0 Å². The molecule has 18 heavy (non-hydrogen) atoms. The lowest BCUT2D eigenvalue weighted by atomic mass is 9.98. The van der Waals surface area contributed by atoms with Crippen LogP contribution in [0.25, 0.3) is 0 Å². The summed E-state index contributed by atoms with van der Waals surface area (Å²) in [4.78, 5) is 13.6. The van der Waals surface area contributed by atoms with Gasteiger partial charge in [-0.2, -0.15) is 0 Å². The molecule has 0 spiro atoms. The first kappa shape index (κ1) is 15.4. The number of carbonyl (C=O) groups excluding carboxylic acids is 1. The number of esters is 1. The third kappa shape index (κ3) is 4.94. The van der Waals surface area contributed by atoms with Gasteiger partial charge in [0.2, 0.25) is 0 Å². The van der Waals surface area contributed by atoms with Crippen LogP contribution >= 0.6 is 0 Å². The van der Waals surface area contributed by atoms with Crippen molar-refractivity contribution in [1.82, 2.24) is 4.90 Å². The fourth-order valence-electron chi connectivity index (χ4n) is 2.27. The molecule has 0 aromatic rings. The lowest BCUT2D eigenvalue weighted by Gasteiger charge is -2.31. The Morgan fingerprint density at radius 3 is 2.78 bits per heavy atom. The summed E-state index contributed by atoms with van der Waals surface area (Å²) in [6, 6.07) is 0. The molecular formula is C12H23NO4S. The van der Waals surface area contributed by atoms with Crippen LogP contribution < -0.4 is 0 Å². The number of likely N-dealkylation sites (tertiary alicyclic amines) is 1. The van der Waals surface area contributed by atoms with Crippen molar-refractivity contribution in [3.8, 4) is 0 Å². The van der Waals surface area contributed by atoms with Gasteiger partial charge in [0, 0.05) is 12.3 Å². The minimum absolute atomic E-state index is 0.0495. The maximum Gasteiger partial charge on any atom is 0.309 e. The molecule has 1 aliphatic heterocycles. The van der Waals surface area contributed by atoms with Gasteiger partial charge in [0.1, 0.15) is 9.84 Å². The molecule has 0 bridgehead atoms. The van der Waals surface area contributed by atoms with E-state index in [0.29, 0.717) is 13.0 Å². The zero-order valence-corrected chi connectivity index (χ0v) is 12.0. The average molecular weight is 277 g/mol. The summed E-state index contributed by atoms with van der Waals surface area (Å²) < 4.78 is 27.5. The predicted molar refractivity (Wildman–Crippen MR) is 70.1 cm³/mol. The maximum atomic E-state index is 11.4. The van der Waals surface area contributed by atoms with Crippen molar-refractivity contribution >= 4 is 15.8 Å². The van der Waals surface area contributed by atoms with E-state index in [-0.39, 0.29) is 23.4 Å². The summed E-state index contributed by atoms with van der Waals surface area (Å²) in [6.07, 6.45) is 2.49. The highest BCUT2D eigenvalue weighted by Gasteiger charge is 2.26. The molecule has 1 saturated heterocycles. The quantitative estimate of drug-likeness (QED) is 0.669. The van der Waals surface area contributed by atoms with Gasteiger partial charge in [0.25, 0.3) is 0 Å². The molecule has 0 radical (unpaired) electrons. The van der Waals surface area contributed by atoms with Crippen molar-refractivity contribution in [3.05, 3.63) is 0 Å². The Morgan fingerprint density at radius 1 is 1.44 bits per heavy atom. The van der Waals surface area contributed by atoms with Gasteiger partial charge in [-0.15, -0.1) is 0 Å². The minimum atomic E-state index is -2.87. The van der Waals surface area contributed by atoms with Crippen LogP contribution in [0.3, 0.4) is 0 Å². The van der Waals surface area contributed by atoms with Crippen LogP contribution in [0.5, 0.6) is 0 Å². The number of nitrogens with zero attached hydrogens (tertiary/aromatic N) is 1. The molecule has 0 aromatic carbocycles. The first-order chi connectivity index (χ1) is 8.48. The highest BCUT2D eigenvalue weighted by atomic mass is 32.2. The molecule has 1 atom stereocenters. The second kappa shape index (κ2) is 7.09. The third-order valence-electron chi connectivity index (χ3n) is 3.41. The van der Waals surface area contributed by atoms with Gasteiger partial charge in [-0.3, -0.25) is 4.79 Å². The van der Waals surface area contributed by atoms with E-state index in [4.69, 9.17) is 4.74 Å². The van der Waals surface area contributed by atoms with Gasteiger partial charge >= 0.3 is 5.97 Å². The monoisotopic (exact) mass is 277 g/mol. The molecule has 6 heteroatoms. The van der Waals surface area contributed by atoms with E-state index in [1.807, 2.05) is 0 Å². The SMILES string of the molecule is CCS(=O)(=O)CCCN1CCC[C@H](C(=O)OC)C1. The van der Waals surface area contributed by atoms with Gasteiger partial charge in [0.05, 0.1) is 18.8 Å². The number of piperidine rings is 1. The fourth-order valence-corrected chi connectivity index (χ4v) is 3.13. The number of rotatable bonds is 6. The largest absolute Gasteiger partial charge is 0.469 e. The van der Waals surface area contributed by atoms with Crippen molar-refractivity contribution in [1.29, 1.82) is 0 Å². The fraction of sp³-hybridized carbons (Fsp3) is 0.917. The Hall–Kier alpha value is -0.620. The van der Waals surface area contributed by atoms with E-state index >= 15 is 0 Å². The summed E-state index contributed by atoms with van der Waals surface area (Å²) in [5.74, 6) is 0.244. The van der Waals surface area contributed by atoms with E-state index < -0.39 is 9.84 Å². The highest BCUT2D eigenvalue weighted by molar-refractivity contribution is 7.91. The van der Waals surface area contributed by atoms with E-state index in [0.717, 1.165) is 25.9 Å². The Kier molecular flexibility index (Phi) is 6.08. The number of carbonyl (C=O) groups is 1. The molecule has 106 valence electrons. The van der Waals surface area contributed by atoms with Crippen molar-refractivity contribution in [2.75, 3.05) is 38.2 Å². The topological polar surface area (TPSA) is 63.7 Å². The van der Waals surface area contributed by atoms with E-state index in [1.165, 1.54) is 7.11 Å². The Balaban J connectivity index is 2.33. The number of methoxy groups -OCH3 is 1.